The van der Waals surface area contributed by atoms with Crippen molar-refractivity contribution >= 4 is 29.4 Å². The molecule has 30 heavy (non-hydrogen) atoms. The van der Waals surface area contributed by atoms with Crippen LogP contribution in [0.2, 0.25) is 0 Å². The molecule has 0 fully saturated rings. The average Bonchev–Trinajstić information content (AvgIpc) is 2.72. The Morgan fingerprint density at radius 2 is 1.73 bits per heavy atom. The first kappa shape index (κ1) is 22.6. The average molecular weight is 412 g/mol. The van der Waals surface area contributed by atoms with Gasteiger partial charge >= 0.3 is 11.9 Å². The van der Waals surface area contributed by atoms with Crippen LogP contribution in [0.25, 0.3) is 0 Å². The molecule has 2 rings (SSSR count). The van der Waals surface area contributed by atoms with E-state index >= 15 is 0 Å². The number of aryl methyl sites for hydroxylation is 2. The van der Waals surface area contributed by atoms with Gasteiger partial charge in [-0.05, 0) is 50.6 Å². The second kappa shape index (κ2) is 10.2. The van der Waals surface area contributed by atoms with Crippen LogP contribution < -0.4 is 10.6 Å². The molecule has 158 valence electrons. The Hall–Kier alpha value is -3.68. The highest BCUT2D eigenvalue weighted by atomic mass is 16.5. The smallest absolute Gasteiger partial charge is 0.337 e. The van der Waals surface area contributed by atoms with Crippen molar-refractivity contribution in [2.45, 2.75) is 26.8 Å². The highest BCUT2D eigenvalue weighted by Crippen LogP contribution is 2.17. The molecule has 0 saturated carbocycles. The van der Waals surface area contributed by atoms with Crippen LogP contribution in [0.5, 0.6) is 0 Å². The van der Waals surface area contributed by atoms with Crippen LogP contribution in [0, 0.1) is 13.8 Å². The summed E-state index contributed by atoms with van der Waals surface area (Å²) in [6.07, 6.45) is 0. The lowest BCUT2D eigenvalue weighted by Crippen LogP contribution is -2.40. The second-order valence-corrected chi connectivity index (χ2v) is 6.74. The van der Waals surface area contributed by atoms with E-state index in [1.807, 2.05) is 13.0 Å². The monoisotopic (exact) mass is 412 g/mol. The Balaban J connectivity index is 1.89. The Morgan fingerprint density at radius 3 is 2.40 bits per heavy atom. The van der Waals surface area contributed by atoms with Gasteiger partial charge in [-0.2, -0.15) is 0 Å². The van der Waals surface area contributed by atoms with E-state index in [1.54, 1.807) is 37.3 Å². The molecule has 0 aliphatic heterocycles. The Labute approximate surface area is 174 Å². The van der Waals surface area contributed by atoms with Crippen LogP contribution in [0.15, 0.2) is 42.5 Å². The van der Waals surface area contributed by atoms with Crippen molar-refractivity contribution in [2.75, 3.05) is 19.0 Å². The maximum atomic E-state index is 12.2. The van der Waals surface area contributed by atoms with Crippen LogP contribution >= 0.6 is 0 Å². The third-order valence-corrected chi connectivity index (χ3v) is 4.26. The Bertz CT molecular complexity index is 970. The third-order valence-electron chi connectivity index (χ3n) is 4.26. The van der Waals surface area contributed by atoms with Gasteiger partial charge in [0.2, 0.25) is 0 Å². The highest BCUT2D eigenvalue weighted by Gasteiger charge is 2.19. The van der Waals surface area contributed by atoms with E-state index in [9.17, 15) is 19.2 Å². The molecular formula is C22H24N2O6. The van der Waals surface area contributed by atoms with E-state index in [4.69, 9.17) is 4.74 Å². The lowest BCUT2D eigenvalue weighted by Gasteiger charge is -2.14. The zero-order valence-electron chi connectivity index (χ0n) is 17.3. The molecular weight excluding hydrogens is 388 g/mol. The summed E-state index contributed by atoms with van der Waals surface area (Å²) in [5.41, 5.74) is 2.75. The molecule has 0 bridgehead atoms. The van der Waals surface area contributed by atoms with E-state index < -0.39 is 36.4 Å². The van der Waals surface area contributed by atoms with Crippen LogP contribution in [0.3, 0.4) is 0 Å². The molecule has 0 saturated heterocycles. The minimum absolute atomic E-state index is 0.280. The van der Waals surface area contributed by atoms with Gasteiger partial charge in [0.15, 0.2) is 6.61 Å². The molecule has 0 unspecified atom stereocenters. The van der Waals surface area contributed by atoms with Gasteiger partial charge in [-0.3, -0.25) is 9.59 Å². The van der Waals surface area contributed by atoms with Crippen molar-refractivity contribution in [2.24, 2.45) is 0 Å². The fraction of sp³-hybridized carbons (Fsp3) is 0.273. The van der Waals surface area contributed by atoms with Gasteiger partial charge < -0.3 is 20.1 Å². The molecule has 8 nitrogen and oxygen atoms in total. The quantitative estimate of drug-likeness (QED) is 0.676. The standard InChI is InChI=1S/C22H24N2O6/c1-13-6-5-7-16(10-13)20(26)23-15(3)21(27)30-12-19(25)24-18-11-17(22(28)29-4)9-8-14(18)2/h5-11,15H,12H2,1-4H3,(H,23,26)(H,24,25)/t15-/m0/s1. The largest absolute Gasteiger partial charge is 0.465 e. The zero-order chi connectivity index (χ0) is 22.3. The molecule has 2 amide bonds. The number of hydrogen-bond donors (Lipinski definition) is 2. The number of esters is 2. The van der Waals surface area contributed by atoms with E-state index in [2.05, 4.69) is 15.4 Å². The van der Waals surface area contributed by atoms with Crippen molar-refractivity contribution in [1.82, 2.24) is 5.32 Å². The molecule has 1 atom stereocenters. The maximum absolute atomic E-state index is 12.2. The molecule has 2 N–H and O–H groups in total. The number of ether oxygens (including phenoxy) is 2. The van der Waals surface area contributed by atoms with E-state index in [0.717, 1.165) is 11.1 Å². The highest BCUT2D eigenvalue weighted by molar-refractivity contribution is 5.98. The van der Waals surface area contributed by atoms with Crippen LogP contribution in [0.1, 0.15) is 38.8 Å². The van der Waals surface area contributed by atoms with E-state index in [-0.39, 0.29) is 5.56 Å². The molecule has 0 aliphatic rings. The number of nitrogens with one attached hydrogen (secondary N) is 2. The molecule has 0 spiro atoms. The number of hydrogen-bond acceptors (Lipinski definition) is 6. The fourth-order valence-electron chi connectivity index (χ4n) is 2.57. The van der Waals surface area contributed by atoms with Crippen molar-refractivity contribution in [3.63, 3.8) is 0 Å². The maximum Gasteiger partial charge on any atom is 0.337 e. The van der Waals surface area contributed by atoms with Crippen LogP contribution in [0.4, 0.5) is 5.69 Å². The zero-order valence-corrected chi connectivity index (χ0v) is 17.3. The predicted molar refractivity (Wildman–Crippen MR) is 110 cm³/mol. The number of carbonyl (C=O) groups is 4. The minimum Gasteiger partial charge on any atom is -0.465 e. The number of carbonyl (C=O) groups excluding carboxylic acids is 4. The first-order valence-corrected chi connectivity index (χ1v) is 9.24. The van der Waals surface area contributed by atoms with Gasteiger partial charge in [-0.15, -0.1) is 0 Å². The molecule has 0 aliphatic carbocycles. The normalized spacial score (nSPS) is 11.2. The molecule has 0 aromatic heterocycles. The SMILES string of the molecule is COC(=O)c1ccc(C)c(NC(=O)COC(=O)[C@H](C)NC(=O)c2cccc(C)c2)c1. The van der Waals surface area contributed by atoms with Gasteiger partial charge in [-0.1, -0.05) is 23.8 Å². The molecule has 2 aromatic rings. The summed E-state index contributed by atoms with van der Waals surface area (Å²) in [6.45, 7) is 4.55. The number of benzene rings is 2. The molecule has 0 radical (unpaired) electrons. The molecule has 8 heteroatoms. The van der Waals surface area contributed by atoms with Crippen molar-refractivity contribution in [3.8, 4) is 0 Å². The third kappa shape index (κ3) is 6.16. The summed E-state index contributed by atoms with van der Waals surface area (Å²) in [6, 6.07) is 10.7. The minimum atomic E-state index is -0.935. The Morgan fingerprint density at radius 1 is 1.00 bits per heavy atom. The van der Waals surface area contributed by atoms with Gasteiger partial charge in [0.25, 0.3) is 11.8 Å². The summed E-state index contributed by atoms with van der Waals surface area (Å²) in [7, 11) is 1.26. The Kier molecular flexibility index (Phi) is 7.69. The number of rotatable bonds is 7. The van der Waals surface area contributed by atoms with Crippen molar-refractivity contribution < 1.29 is 28.7 Å². The van der Waals surface area contributed by atoms with E-state index in [0.29, 0.717) is 11.3 Å². The van der Waals surface area contributed by atoms with Gasteiger partial charge in [0.1, 0.15) is 6.04 Å². The number of amides is 2. The van der Waals surface area contributed by atoms with Crippen LogP contribution in [-0.4, -0.2) is 43.5 Å². The lowest BCUT2D eigenvalue weighted by atomic mass is 10.1. The van der Waals surface area contributed by atoms with E-state index in [1.165, 1.54) is 20.1 Å². The second-order valence-electron chi connectivity index (χ2n) is 6.74. The fourth-order valence-corrected chi connectivity index (χ4v) is 2.57. The summed E-state index contributed by atoms with van der Waals surface area (Å²) in [5, 5.41) is 5.12. The summed E-state index contributed by atoms with van der Waals surface area (Å²) < 4.78 is 9.64. The first-order valence-electron chi connectivity index (χ1n) is 9.24. The molecule has 2 aromatic carbocycles. The summed E-state index contributed by atoms with van der Waals surface area (Å²) >= 11 is 0. The van der Waals surface area contributed by atoms with Crippen molar-refractivity contribution in [3.05, 3.63) is 64.7 Å². The van der Waals surface area contributed by atoms with Crippen molar-refractivity contribution in [1.29, 1.82) is 0 Å². The lowest BCUT2D eigenvalue weighted by molar-refractivity contribution is -0.148. The first-order chi connectivity index (χ1) is 14.2. The number of anilines is 1. The van der Waals surface area contributed by atoms with Gasteiger partial charge in [0, 0.05) is 11.3 Å². The van der Waals surface area contributed by atoms with Gasteiger partial charge in [0.05, 0.1) is 12.7 Å². The summed E-state index contributed by atoms with van der Waals surface area (Å²) in [4.78, 5) is 48.1. The molecule has 0 heterocycles. The van der Waals surface area contributed by atoms with Gasteiger partial charge in [-0.25, -0.2) is 9.59 Å². The predicted octanol–water partition coefficient (Wildman–Crippen LogP) is 2.39. The summed E-state index contributed by atoms with van der Waals surface area (Å²) in [5.74, 6) is -2.27. The van der Waals surface area contributed by atoms with Crippen LogP contribution in [-0.2, 0) is 19.1 Å². The number of methoxy groups -OCH3 is 1. The topological polar surface area (TPSA) is 111 Å².